The Balaban J connectivity index is 2.50. The van der Waals surface area contributed by atoms with Crippen LogP contribution in [-0.2, 0) is 4.79 Å². The SMILES string of the molecule is CC1Oc2nc(Br)ccc2N(C)C1=O. The number of hydrogen-bond acceptors (Lipinski definition) is 3. The second-order valence-electron chi connectivity index (χ2n) is 3.12. The molecule has 0 fully saturated rings. The Morgan fingerprint density at radius 1 is 1.57 bits per heavy atom. The maximum atomic E-state index is 11.5. The van der Waals surface area contributed by atoms with E-state index >= 15 is 0 Å². The minimum absolute atomic E-state index is 0.0541. The average Bonchev–Trinajstić information content (AvgIpc) is 2.14. The molecule has 1 atom stereocenters. The topological polar surface area (TPSA) is 42.4 Å². The van der Waals surface area contributed by atoms with Crippen LogP contribution < -0.4 is 9.64 Å². The molecule has 0 saturated carbocycles. The van der Waals surface area contributed by atoms with Gasteiger partial charge in [-0.2, -0.15) is 0 Å². The van der Waals surface area contributed by atoms with Gasteiger partial charge < -0.3 is 9.64 Å². The van der Waals surface area contributed by atoms with Crippen molar-refractivity contribution in [1.29, 1.82) is 0 Å². The van der Waals surface area contributed by atoms with Gasteiger partial charge in [0.1, 0.15) is 10.3 Å². The lowest BCUT2D eigenvalue weighted by Crippen LogP contribution is -2.42. The molecule has 1 aromatic rings. The molecule has 0 aromatic carbocycles. The first-order valence-corrected chi connectivity index (χ1v) is 4.99. The number of fused-ring (bicyclic) bond motifs is 1. The van der Waals surface area contributed by atoms with E-state index in [4.69, 9.17) is 4.74 Å². The lowest BCUT2D eigenvalue weighted by molar-refractivity contribution is -0.125. The van der Waals surface area contributed by atoms with Crippen LogP contribution in [0, 0.1) is 0 Å². The third kappa shape index (κ3) is 1.37. The van der Waals surface area contributed by atoms with Crippen LogP contribution in [0.1, 0.15) is 6.92 Å². The van der Waals surface area contributed by atoms with Crippen molar-refractivity contribution in [2.75, 3.05) is 11.9 Å². The number of aromatic nitrogens is 1. The molecule has 1 unspecified atom stereocenters. The van der Waals surface area contributed by atoms with E-state index in [1.54, 1.807) is 31.0 Å². The molecule has 1 amide bonds. The molecular weight excluding hydrogens is 248 g/mol. The summed E-state index contributed by atoms with van der Waals surface area (Å²) in [5.41, 5.74) is 0.705. The molecule has 0 N–H and O–H groups in total. The van der Waals surface area contributed by atoms with E-state index in [0.29, 0.717) is 16.2 Å². The number of halogens is 1. The molecule has 2 rings (SSSR count). The fourth-order valence-corrected chi connectivity index (χ4v) is 1.66. The van der Waals surface area contributed by atoms with E-state index in [2.05, 4.69) is 20.9 Å². The van der Waals surface area contributed by atoms with Gasteiger partial charge in [-0.1, -0.05) is 0 Å². The highest BCUT2D eigenvalue weighted by atomic mass is 79.9. The number of amides is 1. The van der Waals surface area contributed by atoms with Crippen molar-refractivity contribution in [3.05, 3.63) is 16.7 Å². The summed E-state index contributed by atoms with van der Waals surface area (Å²) >= 11 is 3.25. The third-order valence-corrected chi connectivity index (χ3v) is 2.58. The number of hydrogen-bond donors (Lipinski definition) is 0. The van der Waals surface area contributed by atoms with Gasteiger partial charge in [-0.05, 0) is 35.0 Å². The summed E-state index contributed by atoms with van der Waals surface area (Å²) in [6.07, 6.45) is -0.464. The molecule has 0 bridgehead atoms. The number of carbonyl (C=O) groups is 1. The highest BCUT2D eigenvalue weighted by molar-refractivity contribution is 9.10. The number of rotatable bonds is 0. The van der Waals surface area contributed by atoms with Gasteiger partial charge >= 0.3 is 0 Å². The first kappa shape index (κ1) is 9.45. The minimum Gasteiger partial charge on any atom is -0.463 e. The van der Waals surface area contributed by atoms with Crippen molar-refractivity contribution in [2.45, 2.75) is 13.0 Å². The predicted molar refractivity (Wildman–Crippen MR) is 55.4 cm³/mol. The van der Waals surface area contributed by atoms with Crippen LogP contribution in [0.2, 0.25) is 0 Å². The monoisotopic (exact) mass is 256 g/mol. The number of pyridine rings is 1. The highest BCUT2D eigenvalue weighted by Crippen LogP contribution is 2.32. The third-order valence-electron chi connectivity index (χ3n) is 2.13. The van der Waals surface area contributed by atoms with E-state index in [9.17, 15) is 4.79 Å². The second kappa shape index (κ2) is 3.24. The summed E-state index contributed by atoms with van der Waals surface area (Å²) in [5.74, 6) is 0.440. The van der Waals surface area contributed by atoms with E-state index in [1.807, 2.05) is 0 Å². The second-order valence-corrected chi connectivity index (χ2v) is 3.93. The first-order valence-electron chi connectivity index (χ1n) is 4.20. The van der Waals surface area contributed by atoms with Gasteiger partial charge in [0.05, 0.1) is 0 Å². The largest absolute Gasteiger partial charge is 0.463 e. The molecule has 0 saturated heterocycles. The zero-order valence-corrected chi connectivity index (χ0v) is 9.41. The maximum absolute atomic E-state index is 11.5. The van der Waals surface area contributed by atoms with E-state index < -0.39 is 6.10 Å². The fraction of sp³-hybridized carbons (Fsp3) is 0.333. The normalized spacial score (nSPS) is 20.4. The van der Waals surface area contributed by atoms with Crippen LogP contribution in [0.15, 0.2) is 16.7 Å². The smallest absolute Gasteiger partial charge is 0.267 e. The number of nitrogens with zero attached hydrogens (tertiary/aromatic N) is 2. The van der Waals surface area contributed by atoms with Crippen molar-refractivity contribution >= 4 is 27.5 Å². The molecule has 4 nitrogen and oxygen atoms in total. The van der Waals surface area contributed by atoms with Gasteiger partial charge in [-0.3, -0.25) is 4.79 Å². The first-order chi connectivity index (χ1) is 6.59. The van der Waals surface area contributed by atoms with Crippen LogP contribution in [0.3, 0.4) is 0 Å². The Morgan fingerprint density at radius 2 is 2.29 bits per heavy atom. The van der Waals surface area contributed by atoms with Gasteiger partial charge in [0.25, 0.3) is 5.91 Å². The van der Waals surface area contributed by atoms with Crippen molar-refractivity contribution in [3.63, 3.8) is 0 Å². The van der Waals surface area contributed by atoms with Crippen LogP contribution >= 0.6 is 15.9 Å². The number of carbonyl (C=O) groups excluding carboxylic acids is 1. The van der Waals surface area contributed by atoms with Crippen LogP contribution in [0.4, 0.5) is 5.69 Å². The summed E-state index contributed by atoms with van der Waals surface area (Å²) in [4.78, 5) is 17.2. The van der Waals surface area contributed by atoms with E-state index in [1.165, 1.54) is 0 Å². The van der Waals surface area contributed by atoms with E-state index in [-0.39, 0.29) is 5.91 Å². The summed E-state index contributed by atoms with van der Waals surface area (Å²) in [7, 11) is 1.72. The zero-order valence-electron chi connectivity index (χ0n) is 7.82. The predicted octanol–water partition coefficient (Wildman–Crippen LogP) is 1.59. The fourth-order valence-electron chi connectivity index (χ4n) is 1.36. The Bertz CT molecular complexity index is 394. The van der Waals surface area contributed by atoms with Crippen molar-refractivity contribution in [3.8, 4) is 5.88 Å². The van der Waals surface area contributed by atoms with Crippen molar-refractivity contribution in [2.24, 2.45) is 0 Å². The Morgan fingerprint density at radius 3 is 3.00 bits per heavy atom. The van der Waals surface area contributed by atoms with Crippen LogP contribution in [-0.4, -0.2) is 24.0 Å². The lowest BCUT2D eigenvalue weighted by Gasteiger charge is -2.29. The molecule has 1 aromatic heterocycles. The van der Waals surface area contributed by atoms with Gasteiger partial charge in [0.2, 0.25) is 5.88 Å². The zero-order chi connectivity index (χ0) is 10.3. The summed E-state index contributed by atoms with van der Waals surface area (Å²) in [6.45, 7) is 1.71. The number of ether oxygens (including phenoxy) is 1. The molecule has 14 heavy (non-hydrogen) atoms. The highest BCUT2D eigenvalue weighted by Gasteiger charge is 2.29. The maximum Gasteiger partial charge on any atom is 0.267 e. The van der Waals surface area contributed by atoms with Crippen molar-refractivity contribution < 1.29 is 9.53 Å². The summed E-state index contributed by atoms with van der Waals surface area (Å²) in [5, 5.41) is 0. The summed E-state index contributed by atoms with van der Waals surface area (Å²) in [6, 6.07) is 3.58. The van der Waals surface area contributed by atoms with Crippen molar-refractivity contribution in [1.82, 2.24) is 4.98 Å². The average molecular weight is 257 g/mol. The molecule has 74 valence electrons. The molecule has 0 spiro atoms. The van der Waals surface area contributed by atoms with Gasteiger partial charge in [0.15, 0.2) is 6.10 Å². The minimum atomic E-state index is -0.464. The number of anilines is 1. The Hall–Kier alpha value is -1.10. The van der Waals surface area contributed by atoms with Crippen LogP contribution in [0.5, 0.6) is 5.88 Å². The Labute approximate surface area is 90.0 Å². The molecule has 0 aliphatic carbocycles. The molecule has 5 heteroatoms. The lowest BCUT2D eigenvalue weighted by atomic mass is 10.2. The molecule has 1 aliphatic rings. The quantitative estimate of drug-likeness (QED) is 0.663. The Kier molecular flexibility index (Phi) is 2.19. The standard InChI is InChI=1S/C9H9BrN2O2/c1-5-9(13)12(2)6-3-4-7(10)11-8(6)14-5/h3-5H,1-2H3. The molecular formula is C9H9BrN2O2. The van der Waals surface area contributed by atoms with Gasteiger partial charge in [-0.25, -0.2) is 4.98 Å². The molecule has 1 aliphatic heterocycles. The van der Waals surface area contributed by atoms with Gasteiger partial charge in [-0.15, -0.1) is 0 Å². The summed E-state index contributed by atoms with van der Waals surface area (Å²) < 4.78 is 6.06. The molecule has 2 heterocycles. The number of likely N-dealkylation sites (N-methyl/N-ethyl adjacent to an activating group) is 1. The van der Waals surface area contributed by atoms with Crippen LogP contribution in [0.25, 0.3) is 0 Å². The van der Waals surface area contributed by atoms with E-state index in [0.717, 1.165) is 0 Å². The van der Waals surface area contributed by atoms with Gasteiger partial charge in [0, 0.05) is 7.05 Å². The molecule has 0 radical (unpaired) electrons.